The first kappa shape index (κ1) is 14.9. The summed E-state index contributed by atoms with van der Waals surface area (Å²) in [6, 6.07) is 5.79. The van der Waals surface area contributed by atoms with Gasteiger partial charge in [0.1, 0.15) is 5.75 Å². The van der Waals surface area contributed by atoms with Gasteiger partial charge in [0.15, 0.2) is 0 Å². The highest BCUT2D eigenvalue weighted by Crippen LogP contribution is 2.37. The highest BCUT2D eigenvalue weighted by molar-refractivity contribution is 8.18. The minimum atomic E-state index is -0.359. The van der Waals surface area contributed by atoms with Gasteiger partial charge in [-0.25, -0.2) is 0 Å². The van der Waals surface area contributed by atoms with Crippen LogP contribution in [0, 0.1) is 0 Å². The summed E-state index contributed by atoms with van der Waals surface area (Å²) < 4.78 is 5.46. The van der Waals surface area contributed by atoms with Gasteiger partial charge in [-0.1, -0.05) is 12.1 Å². The number of amides is 2. The quantitative estimate of drug-likeness (QED) is 0.823. The average Bonchev–Trinajstić information content (AvgIpc) is 3.04. The van der Waals surface area contributed by atoms with E-state index in [1.807, 2.05) is 18.2 Å². The van der Waals surface area contributed by atoms with Crippen LogP contribution < -0.4 is 20.7 Å². The van der Waals surface area contributed by atoms with E-state index in [4.69, 9.17) is 10.5 Å². The average molecular weight is 319 g/mol. The third-order valence-corrected chi connectivity index (χ3v) is 4.53. The second kappa shape index (κ2) is 6.02. The molecule has 0 unspecified atom stereocenters. The van der Waals surface area contributed by atoms with E-state index in [1.54, 1.807) is 13.2 Å². The van der Waals surface area contributed by atoms with Crippen molar-refractivity contribution in [2.75, 3.05) is 25.1 Å². The molecular formula is C15H17N3O3S. The molecule has 2 fully saturated rings. The number of carbonyl (C=O) groups is 2. The summed E-state index contributed by atoms with van der Waals surface area (Å²) in [6.45, 7) is 1.59. The summed E-state index contributed by atoms with van der Waals surface area (Å²) >= 11 is 0.911. The van der Waals surface area contributed by atoms with Crippen LogP contribution >= 0.6 is 11.8 Å². The topological polar surface area (TPSA) is 84.7 Å². The molecule has 2 aliphatic heterocycles. The van der Waals surface area contributed by atoms with E-state index in [9.17, 15) is 9.59 Å². The van der Waals surface area contributed by atoms with Gasteiger partial charge in [0.05, 0.1) is 17.7 Å². The van der Waals surface area contributed by atoms with Crippen LogP contribution in [-0.2, 0) is 4.79 Å². The monoisotopic (exact) mass is 319 g/mol. The zero-order chi connectivity index (χ0) is 15.7. The number of anilines is 1. The molecular weight excluding hydrogens is 302 g/mol. The number of methoxy groups -OCH3 is 1. The van der Waals surface area contributed by atoms with Crippen LogP contribution in [-0.4, -0.2) is 37.4 Å². The summed E-state index contributed by atoms with van der Waals surface area (Å²) in [5.74, 6) is 0.375. The van der Waals surface area contributed by atoms with Gasteiger partial charge in [-0.3, -0.25) is 14.9 Å². The number of ether oxygens (including phenoxy) is 1. The number of nitrogens with two attached hydrogens (primary N) is 1. The number of hydrogen-bond acceptors (Lipinski definition) is 6. The lowest BCUT2D eigenvalue weighted by atomic mass is 10.1. The molecule has 1 atom stereocenters. The Bertz CT molecular complexity index is 659. The Morgan fingerprint density at radius 2 is 2.27 bits per heavy atom. The van der Waals surface area contributed by atoms with Crippen molar-refractivity contribution in [3.05, 3.63) is 28.7 Å². The number of rotatable bonds is 3. The number of thioether (sulfide) groups is 1. The van der Waals surface area contributed by atoms with Crippen molar-refractivity contribution in [3.8, 4) is 5.75 Å². The Kier molecular flexibility index (Phi) is 4.08. The minimum absolute atomic E-state index is 0.135. The molecule has 0 aliphatic carbocycles. The molecule has 3 N–H and O–H groups in total. The lowest BCUT2D eigenvalue weighted by Crippen LogP contribution is -2.27. The Hall–Kier alpha value is -1.99. The largest absolute Gasteiger partial charge is 0.495 e. The normalized spacial score (nSPS) is 23.3. The maximum atomic E-state index is 11.7. The van der Waals surface area contributed by atoms with E-state index in [-0.39, 0.29) is 17.2 Å². The fourth-order valence-corrected chi connectivity index (χ4v) is 3.38. The lowest BCUT2D eigenvalue weighted by molar-refractivity contribution is -0.115. The number of nitrogens with zero attached hydrogens (tertiary/aromatic N) is 1. The fourth-order valence-electron chi connectivity index (χ4n) is 2.71. The predicted octanol–water partition coefficient (Wildman–Crippen LogP) is 1.56. The first-order valence-electron chi connectivity index (χ1n) is 7.01. The van der Waals surface area contributed by atoms with Gasteiger partial charge in [-0.2, -0.15) is 0 Å². The summed E-state index contributed by atoms with van der Waals surface area (Å²) in [4.78, 5) is 25.6. The first-order chi connectivity index (χ1) is 10.6. The summed E-state index contributed by atoms with van der Waals surface area (Å²) in [7, 11) is 1.62. The minimum Gasteiger partial charge on any atom is -0.495 e. The van der Waals surface area contributed by atoms with Crippen LogP contribution in [0.25, 0.3) is 6.08 Å². The van der Waals surface area contributed by atoms with Crippen molar-refractivity contribution < 1.29 is 14.3 Å². The van der Waals surface area contributed by atoms with Gasteiger partial charge in [-0.05, 0) is 30.3 Å². The van der Waals surface area contributed by atoms with Crippen LogP contribution in [0.1, 0.15) is 12.0 Å². The Balaban J connectivity index is 2.02. The molecule has 0 bridgehead atoms. The second-order valence-electron chi connectivity index (χ2n) is 5.25. The number of carbonyl (C=O) groups excluding carboxylic acids is 2. The molecule has 22 heavy (non-hydrogen) atoms. The molecule has 1 aromatic carbocycles. The van der Waals surface area contributed by atoms with Crippen LogP contribution in [0.15, 0.2) is 23.1 Å². The zero-order valence-electron chi connectivity index (χ0n) is 12.2. The fraction of sp³-hybridized carbons (Fsp3) is 0.333. The molecule has 2 amide bonds. The van der Waals surface area contributed by atoms with Gasteiger partial charge in [0, 0.05) is 24.7 Å². The summed E-state index contributed by atoms with van der Waals surface area (Å²) in [5, 5.41) is 1.92. The molecule has 116 valence electrons. The van der Waals surface area contributed by atoms with E-state index in [2.05, 4.69) is 10.2 Å². The highest BCUT2D eigenvalue weighted by Gasteiger charge is 2.27. The van der Waals surface area contributed by atoms with Crippen LogP contribution in [0.3, 0.4) is 0 Å². The number of imide groups is 1. The van der Waals surface area contributed by atoms with Crippen LogP contribution in [0.2, 0.25) is 0 Å². The highest BCUT2D eigenvalue weighted by atomic mass is 32.2. The molecule has 0 saturated carbocycles. The maximum absolute atomic E-state index is 11.7. The third kappa shape index (κ3) is 2.82. The molecule has 0 aromatic heterocycles. The lowest BCUT2D eigenvalue weighted by Gasteiger charge is -2.23. The maximum Gasteiger partial charge on any atom is 0.290 e. The number of nitrogens with one attached hydrogen (secondary N) is 1. The molecule has 7 heteroatoms. The van der Waals surface area contributed by atoms with Crippen molar-refractivity contribution >= 4 is 34.7 Å². The Morgan fingerprint density at radius 1 is 1.45 bits per heavy atom. The van der Waals surface area contributed by atoms with Crippen LogP contribution in [0.5, 0.6) is 5.75 Å². The number of benzene rings is 1. The van der Waals surface area contributed by atoms with Gasteiger partial charge in [-0.15, -0.1) is 0 Å². The Labute approximate surface area is 132 Å². The number of hydrogen-bond donors (Lipinski definition) is 2. The standard InChI is InChI=1S/C15H17N3O3S/c1-21-11-4-2-3-9(7-12-14(19)17-15(20)22-12)13(11)18-6-5-10(16)8-18/h2-4,7,10H,5-6,8,16H2,1H3,(H,17,19,20)/t10-/m0/s1. The molecule has 0 spiro atoms. The smallest absolute Gasteiger partial charge is 0.290 e. The molecule has 2 heterocycles. The zero-order valence-corrected chi connectivity index (χ0v) is 13.0. The molecule has 1 aromatic rings. The van der Waals surface area contributed by atoms with Crippen LogP contribution in [0.4, 0.5) is 10.5 Å². The van der Waals surface area contributed by atoms with E-state index in [1.165, 1.54) is 0 Å². The molecule has 2 aliphatic rings. The van der Waals surface area contributed by atoms with Crippen molar-refractivity contribution in [3.63, 3.8) is 0 Å². The van der Waals surface area contributed by atoms with E-state index in [0.717, 1.165) is 48.3 Å². The van der Waals surface area contributed by atoms with Gasteiger partial charge >= 0.3 is 0 Å². The molecule has 3 rings (SSSR count). The van der Waals surface area contributed by atoms with Crippen molar-refractivity contribution in [2.24, 2.45) is 5.73 Å². The molecule has 2 saturated heterocycles. The first-order valence-corrected chi connectivity index (χ1v) is 7.82. The number of para-hydroxylation sites is 1. The third-order valence-electron chi connectivity index (χ3n) is 3.72. The second-order valence-corrected chi connectivity index (χ2v) is 6.26. The van der Waals surface area contributed by atoms with Crippen molar-refractivity contribution in [1.82, 2.24) is 5.32 Å². The summed E-state index contributed by atoms with van der Waals surface area (Å²) in [6.07, 6.45) is 2.65. The van der Waals surface area contributed by atoms with Crippen molar-refractivity contribution in [1.29, 1.82) is 0 Å². The van der Waals surface area contributed by atoms with E-state index >= 15 is 0 Å². The summed E-state index contributed by atoms with van der Waals surface area (Å²) in [5.41, 5.74) is 7.76. The molecule has 6 nitrogen and oxygen atoms in total. The predicted molar refractivity (Wildman–Crippen MR) is 86.9 cm³/mol. The molecule has 0 radical (unpaired) electrons. The SMILES string of the molecule is COc1cccc(C=C2SC(=O)NC2=O)c1N1CC[C@H](N)C1. The van der Waals surface area contributed by atoms with E-state index < -0.39 is 0 Å². The van der Waals surface area contributed by atoms with Gasteiger partial charge < -0.3 is 15.4 Å². The van der Waals surface area contributed by atoms with E-state index in [0.29, 0.717) is 4.91 Å². The van der Waals surface area contributed by atoms with Gasteiger partial charge in [0.25, 0.3) is 11.1 Å². The van der Waals surface area contributed by atoms with Gasteiger partial charge in [0.2, 0.25) is 0 Å². The van der Waals surface area contributed by atoms with Crippen molar-refractivity contribution in [2.45, 2.75) is 12.5 Å². The Morgan fingerprint density at radius 3 is 2.86 bits per heavy atom.